The normalized spacial score (nSPS) is 35.8. The monoisotopic (exact) mass is 560 g/mol. The van der Waals surface area contributed by atoms with Crippen molar-refractivity contribution in [3.05, 3.63) is 36.0 Å². The molecule has 3 rings (SSSR count). The van der Waals surface area contributed by atoms with Crippen molar-refractivity contribution in [1.82, 2.24) is 0 Å². The average molecular weight is 561 g/mol. The number of hydrogen-bond donors (Lipinski definition) is 0. The van der Waals surface area contributed by atoms with Gasteiger partial charge in [-0.15, -0.1) is 0 Å². The van der Waals surface area contributed by atoms with E-state index in [0.29, 0.717) is 31.3 Å². The average Bonchev–Trinajstić information content (AvgIpc) is 3.16. The molecule has 9 heteroatoms. The largest absolute Gasteiger partial charge is 0.461 e. The Balaban J connectivity index is 2.30. The smallest absolute Gasteiger partial charge is 0.309 e. The van der Waals surface area contributed by atoms with Crippen LogP contribution in [0, 0.1) is 28.6 Å². The third-order valence-corrected chi connectivity index (χ3v) is 9.15. The first-order valence-corrected chi connectivity index (χ1v) is 14.1. The molecule has 1 spiro atoms. The number of ether oxygens (including phenoxy) is 5. The molecule has 0 aromatic heterocycles. The van der Waals surface area contributed by atoms with Crippen molar-refractivity contribution in [2.45, 2.75) is 106 Å². The first-order valence-electron chi connectivity index (χ1n) is 14.1. The zero-order valence-corrected chi connectivity index (χ0v) is 25.0. The Morgan fingerprint density at radius 3 is 2.23 bits per heavy atom. The predicted molar refractivity (Wildman–Crippen MR) is 146 cm³/mol. The molecule has 9 nitrogen and oxygen atoms in total. The van der Waals surface area contributed by atoms with Gasteiger partial charge in [-0.3, -0.25) is 23.9 Å². The Morgan fingerprint density at radius 1 is 1.05 bits per heavy atom. The molecule has 222 valence electrons. The Bertz CT molecular complexity index is 1090. The topological polar surface area (TPSA) is 114 Å². The van der Waals surface area contributed by atoms with Crippen LogP contribution in [0.25, 0.3) is 0 Å². The van der Waals surface area contributed by atoms with Crippen LogP contribution in [0.15, 0.2) is 36.0 Å². The van der Waals surface area contributed by atoms with Crippen LogP contribution in [0.2, 0.25) is 0 Å². The Kier molecular flexibility index (Phi) is 9.70. The van der Waals surface area contributed by atoms with E-state index in [4.69, 9.17) is 23.7 Å². The molecule has 1 saturated carbocycles. The van der Waals surface area contributed by atoms with E-state index < -0.39 is 53.5 Å². The molecule has 3 aliphatic rings. The molecule has 0 bridgehead atoms. The van der Waals surface area contributed by atoms with Gasteiger partial charge in [0.1, 0.15) is 17.6 Å². The zero-order chi connectivity index (χ0) is 30.0. The Labute approximate surface area is 237 Å². The fourth-order valence-electron chi connectivity index (χ4n) is 6.61. The maximum atomic E-state index is 12.9. The molecule has 0 aromatic carbocycles. The summed E-state index contributed by atoms with van der Waals surface area (Å²) < 4.78 is 29.5. The van der Waals surface area contributed by atoms with Gasteiger partial charge >= 0.3 is 23.9 Å². The number of allylic oxidation sites excluding steroid dienone is 3. The SMILES string of the molecule is C=C/C(C)=C/C[C@]1(C)[C@H]2C[C@H](OC(=O)C(C)CC)C=C3[C@H](OC(C)=O)O[C@H](OC(C)=O)[C@]32[C@H](OC(C)=O)C[C@@H]1C. The van der Waals surface area contributed by atoms with Crippen LogP contribution in [0.1, 0.15) is 81.1 Å². The number of carbonyl (C=O) groups excluding carboxylic acids is 4. The predicted octanol–water partition coefficient (Wildman–Crippen LogP) is 5.19. The summed E-state index contributed by atoms with van der Waals surface area (Å²) in [5.41, 5.74) is -0.128. The van der Waals surface area contributed by atoms with E-state index >= 15 is 0 Å². The van der Waals surface area contributed by atoms with Crippen molar-refractivity contribution in [3.8, 4) is 0 Å². The second-order valence-corrected chi connectivity index (χ2v) is 11.7. The van der Waals surface area contributed by atoms with Gasteiger partial charge in [-0.25, -0.2) is 0 Å². The van der Waals surface area contributed by atoms with Gasteiger partial charge in [0.05, 0.1) is 5.92 Å². The standard InChI is InChI=1S/C31H44O9/c1-10-17(3)12-13-30(9)19(5)14-26(36-20(6)32)31-24(28(37-21(7)33)40-29(31)38-22(8)34)15-23(16-25(30)31)39-27(35)18(4)11-2/h10,12,15,18-19,23,25-26,28-29H,1,11,13-14,16H2,2-9H3/b17-12+/t18?,19-,23+,25+,26+,28+,29-,30-,31+/m0/s1. The van der Waals surface area contributed by atoms with Crippen LogP contribution in [-0.2, 0) is 42.9 Å². The van der Waals surface area contributed by atoms with E-state index in [-0.39, 0.29) is 23.7 Å². The quantitative estimate of drug-likeness (QED) is 0.163. The van der Waals surface area contributed by atoms with Gasteiger partial charge in [0.2, 0.25) is 12.6 Å². The molecule has 0 radical (unpaired) electrons. The second kappa shape index (κ2) is 12.3. The molecule has 1 aliphatic heterocycles. The van der Waals surface area contributed by atoms with E-state index in [1.807, 2.05) is 20.8 Å². The lowest BCUT2D eigenvalue weighted by molar-refractivity contribution is -0.257. The van der Waals surface area contributed by atoms with Crippen LogP contribution in [0.4, 0.5) is 0 Å². The highest BCUT2D eigenvalue weighted by Crippen LogP contribution is 2.67. The van der Waals surface area contributed by atoms with Crippen LogP contribution >= 0.6 is 0 Å². The molecule has 0 N–H and O–H groups in total. The fourth-order valence-corrected chi connectivity index (χ4v) is 6.61. The lowest BCUT2D eigenvalue weighted by atomic mass is 9.45. The van der Waals surface area contributed by atoms with Crippen molar-refractivity contribution < 1.29 is 42.9 Å². The highest BCUT2D eigenvalue weighted by Gasteiger charge is 2.72. The maximum Gasteiger partial charge on any atom is 0.309 e. The lowest BCUT2D eigenvalue weighted by Gasteiger charge is -2.60. The van der Waals surface area contributed by atoms with E-state index in [9.17, 15) is 19.2 Å². The van der Waals surface area contributed by atoms with E-state index in [1.165, 1.54) is 20.8 Å². The van der Waals surface area contributed by atoms with Gasteiger partial charge in [-0.05, 0) is 55.9 Å². The number of esters is 4. The van der Waals surface area contributed by atoms with Crippen LogP contribution in [-0.4, -0.2) is 48.7 Å². The van der Waals surface area contributed by atoms with E-state index in [1.54, 1.807) is 12.2 Å². The van der Waals surface area contributed by atoms with Gasteiger partial charge in [-0.1, -0.05) is 52.0 Å². The second-order valence-electron chi connectivity index (χ2n) is 11.7. The molecule has 2 aliphatic carbocycles. The lowest BCUT2D eigenvalue weighted by Crippen LogP contribution is -2.64. The number of carbonyl (C=O) groups is 4. The van der Waals surface area contributed by atoms with Gasteiger partial charge in [0.25, 0.3) is 0 Å². The van der Waals surface area contributed by atoms with Gasteiger partial charge in [-0.2, -0.15) is 0 Å². The molecular weight excluding hydrogens is 516 g/mol. The molecule has 1 heterocycles. The van der Waals surface area contributed by atoms with Crippen LogP contribution < -0.4 is 0 Å². The molecule has 0 amide bonds. The number of hydrogen-bond acceptors (Lipinski definition) is 9. The van der Waals surface area contributed by atoms with Crippen molar-refractivity contribution >= 4 is 23.9 Å². The zero-order valence-electron chi connectivity index (χ0n) is 25.0. The van der Waals surface area contributed by atoms with Crippen LogP contribution in [0.5, 0.6) is 0 Å². The molecule has 9 atom stereocenters. The maximum absolute atomic E-state index is 12.9. The van der Waals surface area contributed by atoms with Crippen molar-refractivity contribution in [2.24, 2.45) is 28.6 Å². The van der Waals surface area contributed by atoms with Gasteiger partial charge in [0, 0.05) is 26.3 Å². The molecule has 40 heavy (non-hydrogen) atoms. The van der Waals surface area contributed by atoms with Crippen LogP contribution in [0.3, 0.4) is 0 Å². The molecule has 2 fully saturated rings. The van der Waals surface area contributed by atoms with Crippen molar-refractivity contribution in [2.75, 3.05) is 0 Å². The summed E-state index contributed by atoms with van der Waals surface area (Å²) in [6, 6.07) is 0. The number of rotatable bonds is 9. The molecule has 1 unspecified atom stereocenters. The summed E-state index contributed by atoms with van der Waals surface area (Å²) >= 11 is 0. The van der Waals surface area contributed by atoms with Gasteiger partial charge < -0.3 is 18.9 Å². The minimum absolute atomic E-state index is 0.0392. The summed E-state index contributed by atoms with van der Waals surface area (Å²) in [6.07, 6.45) is 3.92. The van der Waals surface area contributed by atoms with Gasteiger partial charge in [0.15, 0.2) is 0 Å². The molecular formula is C31H44O9. The highest BCUT2D eigenvalue weighted by molar-refractivity contribution is 5.72. The summed E-state index contributed by atoms with van der Waals surface area (Å²) in [5, 5.41) is 0. The highest BCUT2D eigenvalue weighted by atomic mass is 16.8. The third kappa shape index (κ3) is 5.90. The summed E-state index contributed by atoms with van der Waals surface area (Å²) in [4.78, 5) is 49.9. The first kappa shape index (κ1) is 31.6. The molecule has 1 saturated heterocycles. The summed E-state index contributed by atoms with van der Waals surface area (Å²) in [5.74, 6) is -2.62. The van der Waals surface area contributed by atoms with Crippen molar-refractivity contribution in [1.29, 1.82) is 0 Å². The summed E-state index contributed by atoms with van der Waals surface area (Å²) in [6.45, 7) is 17.7. The van der Waals surface area contributed by atoms with E-state index in [2.05, 4.69) is 26.5 Å². The fraction of sp³-hybridized carbons (Fsp3) is 0.677. The van der Waals surface area contributed by atoms with Crippen molar-refractivity contribution in [3.63, 3.8) is 0 Å². The molecule has 0 aromatic rings. The first-order chi connectivity index (χ1) is 18.7. The van der Waals surface area contributed by atoms with E-state index in [0.717, 1.165) is 5.57 Å². The Hall–Kier alpha value is -2.94. The summed E-state index contributed by atoms with van der Waals surface area (Å²) in [7, 11) is 0. The minimum atomic E-state index is -1.21. The third-order valence-electron chi connectivity index (χ3n) is 9.15. The Morgan fingerprint density at radius 2 is 1.68 bits per heavy atom. The minimum Gasteiger partial charge on any atom is -0.461 e.